The van der Waals surface area contributed by atoms with E-state index in [-0.39, 0.29) is 28.1 Å². The number of hydrazone groups is 2. The normalized spacial score (nSPS) is 15.1. The van der Waals surface area contributed by atoms with Crippen LogP contribution in [-0.4, -0.2) is 58.9 Å². The van der Waals surface area contributed by atoms with E-state index in [1.54, 1.807) is 62.4 Å². The number of fused-ring (bicyclic) bond motifs is 1. The highest BCUT2D eigenvalue weighted by molar-refractivity contribution is 7.91. The minimum atomic E-state index is -4.95. The molecule has 17 heteroatoms. The first-order valence-electron chi connectivity index (χ1n) is 16.5. The number of nitrogens with zero attached hydrogens (tertiary/aromatic N) is 2. The highest BCUT2D eigenvalue weighted by Crippen LogP contribution is 2.29. The smallest absolute Gasteiger partial charge is 0.339 e. The van der Waals surface area contributed by atoms with Crippen LogP contribution < -0.4 is 27.2 Å². The number of allylic oxidation sites excluding steroid dienone is 4. The largest absolute Gasteiger partial charge is 0.478 e. The molecule has 0 aromatic heterocycles. The van der Waals surface area contributed by atoms with Gasteiger partial charge in [-0.05, 0) is 134 Å². The number of hydrogen-bond donors (Lipinski definition) is 7. The van der Waals surface area contributed by atoms with Gasteiger partial charge in [-0.1, -0.05) is 0 Å². The molecule has 2 aliphatic rings. The maximum Gasteiger partial charge on any atom is 0.339 e. The molecule has 0 aliphatic heterocycles. The van der Waals surface area contributed by atoms with Gasteiger partial charge >= 0.3 is 5.97 Å². The third kappa shape index (κ3) is 8.49. The van der Waals surface area contributed by atoms with Crippen LogP contribution in [0.2, 0.25) is 0 Å². The molecule has 0 radical (unpaired) electrons. The number of nitrogens with one attached hydrogen (secondary N) is 4. The number of ketones is 2. The number of carbonyl (C=O) groups excluding carboxylic acids is 4. The Morgan fingerprint density at radius 2 is 1.34 bits per heavy atom. The van der Waals surface area contributed by atoms with Crippen molar-refractivity contribution in [2.45, 2.75) is 13.8 Å². The Balaban J connectivity index is 1.13. The molecular weight excluding hydrogens is 743 g/mol. The number of hydrogen-bond acceptors (Lipinski definition) is 12. The molecule has 8 N–H and O–H groups in total. The molecule has 0 saturated carbocycles. The predicted octanol–water partition coefficient (Wildman–Crippen LogP) is 5.20. The number of aliphatic carboxylic acids is 1. The number of rotatable bonds is 10. The fourth-order valence-electron chi connectivity index (χ4n) is 5.50. The van der Waals surface area contributed by atoms with E-state index in [1.807, 2.05) is 0 Å². The zero-order chi connectivity index (χ0) is 40.3. The molecule has 4 aromatic carbocycles. The third-order valence-corrected chi connectivity index (χ3v) is 9.39. The van der Waals surface area contributed by atoms with E-state index in [9.17, 15) is 36.9 Å². The summed E-state index contributed by atoms with van der Waals surface area (Å²) in [7, 11) is -4.95. The fraction of sp³-hybridized carbons (Fsp3) is 0.0513. The van der Waals surface area contributed by atoms with Crippen LogP contribution in [0, 0.1) is 13.8 Å². The van der Waals surface area contributed by atoms with Crippen LogP contribution >= 0.6 is 0 Å². The summed E-state index contributed by atoms with van der Waals surface area (Å²) in [6, 6.07) is 20.0. The van der Waals surface area contributed by atoms with E-state index < -0.39 is 55.7 Å². The Morgan fingerprint density at radius 3 is 1.98 bits per heavy atom. The van der Waals surface area contributed by atoms with Crippen molar-refractivity contribution in [1.29, 1.82) is 0 Å². The molecule has 0 atom stereocenters. The molecule has 0 fully saturated rings. The van der Waals surface area contributed by atoms with Gasteiger partial charge in [0.25, 0.3) is 21.9 Å². The second kappa shape index (κ2) is 15.5. The van der Waals surface area contributed by atoms with Crippen LogP contribution in [0.15, 0.2) is 118 Å². The van der Waals surface area contributed by atoms with Crippen molar-refractivity contribution in [3.8, 4) is 0 Å². The molecule has 16 nitrogen and oxygen atoms in total. The van der Waals surface area contributed by atoms with Crippen molar-refractivity contribution in [2.24, 2.45) is 10.2 Å². The number of Topliss-reactive ketones (excluding diaryl/α,β-unsaturated/α-hetero) is 1. The Morgan fingerprint density at radius 1 is 0.714 bits per heavy atom. The maximum absolute atomic E-state index is 13.5. The topological polar surface area (TPSA) is 259 Å². The van der Waals surface area contributed by atoms with Crippen molar-refractivity contribution < 1.29 is 42.0 Å². The third-order valence-electron chi connectivity index (χ3n) is 8.53. The number of carbonyl (C=O) groups is 5. The van der Waals surface area contributed by atoms with Gasteiger partial charge in [0.1, 0.15) is 10.5 Å². The molecule has 6 rings (SSSR count). The van der Waals surface area contributed by atoms with Crippen molar-refractivity contribution in [3.63, 3.8) is 0 Å². The van der Waals surface area contributed by atoms with Crippen LogP contribution in [0.1, 0.15) is 47.8 Å². The quantitative estimate of drug-likeness (QED) is 0.0361. The van der Waals surface area contributed by atoms with Gasteiger partial charge in [-0.2, -0.15) is 18.6 Å². The first-order valence-corrected chi connectivity index (χ1v) is 17.9. The summed E-state index contributed by atoms with van der Waals surface area (Å²) in [5, 5.41) is 22.7. The highest BCUT2D eigenvalue weighted by Gasteiger charge is 2.33. The number of carboxylic acids is 1. The van der Waals surface area contributed by atoms with Gasteiger partial charge < -0.3 is 21.5 Å². The number of aryl methyl sites for hydroxylation is 2. The van der Waals surface area contributed by atoms with E-state index in [4.69, 9.17) is 10.8 Å². The molecule has 0 heterocycles. The summed E-state index contributed by atoms with van der Waals surface area (Å²) in [6.07, 6.45) is 4.72. The Kier molecular flexibility index (Phi) is 10.6. The first kappa shape index (κ1) is 38.2. The number of benzene rings is 4. The molecule has 0 bridgehead atoms. The van der Waals surface area contributed by atoms with Crippen molar-refractivity contribution in [3.05, 3.63) is 141 Å². The Hall–Kier alpha value is -7.50. The van der Waals surface area contributed by atoms with E-state index in [0.717, 1.165) is 18.2 Å². The summed E-state index contributed by atoms with van der Waals surface area (Å²) >= 11 is 0. The molecule has 0 unspecified atom stereocenters. The zero-order valence-electron chi connectivity index (χ0n) is 29.4. The van der Waals surface area contributed by atoms with Crippen molar-refractivity contribution >= 4 is 85.4 Å². The second-order valence-corrected chi connectivity index (χ2v) is 13.9. The molecule has 4 aromatic rings. The Labute approximate surface area is 318 Å². The monoisotopic (exact) mass is 773 g/mol. The van der Waals surface area contributed by atoms with Crippen LogP contribution in [0.25, 0.3) is 6.08 Å². The summed E-state index contributed by atoms with van der Waals surface area (Å²) in [6.45, 7) is 3.42. The van der Waals surface area contributed by atoms with Gasteiger partial charge in [0, 0.05) is 33.8 Å². The molecule has 2 aliphatic carbocycles. The number of anilines is 5. The second-order valence-electron chi connectivity index (χ2n) is 12.5. The number of amides is 2. The standard InChI is InChI=1S/C39H31N7O9S/c1-20-15-22(3-12-31(20)40)38(50)42-27-9-11-29-24(17-27)18-34(56(53,54)55)35(36(29)48)46-45-32-13-4-23(16-21(32)2)37(49)41-25-5-7-26(8-6-25)43-44-28-10-14-33(47)30(19-28)39(51)52/h3-19,43,45H,40H2,1-2H3,(H,41,49)(H,42,50)(H,51,52)(H,53,54,55). The van der Waals surface area contributed by atoms with Crippen LogP contribution in [0.5, 0.6) is 0 Å². The highest BCUT2D eigenvalue weighted by atomic mass is 32.2. The molecule has 0 saturated heterocycles. The van der Waals surface area contributed by atoms with Crippen LogP contribution in [0.4, 0.5) is 28.4 Å². The van der Waals surface area contributed by atoms with Crippen molar-refractivity contribution in [2.75, 3.05) is 27.2 Å². The van der Waals surface area contributed by atoms with Gasteiger partial charge in [-0.15, -0.1) is 0 Å². The van der Waals surface area contributed by atoms with Gasteiger partial charge in [0.15, 0.2) is 11.5 Å². The minimum Gasteiger partial charge on any atom is -0.478 e. The average Bonchev–Trinajstić information content (AvgIpc) is 3.15. The predicted molar refractivity (Wildman–Crippen MR) is 211 cm³/mol. The van der Waals surface area contributed by atoms with Crippen LogP contribution in [-0.2, 0) is 19.7 Å². The van der Waals surface area contributed by atoms with Gasteiger partial charge in [0.2, 0.25) is 5.78 Å². The maximum atomic E-state index is 13.5. The summed E-state index contributed by atoms with van der Waals surface area (Å²) in [5.74, 6) is -3.70. The van der Waals surface area contributed by atoms with E-state index in [2.05, 4.69) is 31.7 Å². The van der Waals surface area contributed by atoms with E-state index >= 15 is 0 Å². The number of nitrogen functional groups attached to an aromatic ring is 1. The van der Waals surface area contributed by atoms with E-state index in [1.165, 1.54) is 36.4 Å². The number of carboxylic acid groups (broad SMARTS) is 1. The average molecular weight is 774 g/mol. The number of nitrogens with two attached hydrogens (primary N) is 1. The van der Waals surface area contributed by atoms with E-state index in [0.29, 0.717) is 39.4 Å². The fourth-order valence-corrected chi connectivity index (χ4v) is 6.16. The molecular formula is C39H31N7O9S. The molecule has 2 amide bonds. The van der Waals surface area contributed by atoms with Gasteiger partial charge in [-0.3, -0.25) is 34.6 Å². The lowest BCUT2D eigenvalue weighted by molar-refractivity contribution is -0.134. The lowest BCUT2D eigenvalue weighted by atomic mass is 9.94. The van der Waals surface area contributed by atoms with Gasteiger partial charge in [-0.25, -0.2) is 4.79 Å². The minimum absolute atomic E-state index is 0.0747. The van der Waals surface area contributed by atoms with Crippen LogP contribution in [0.3, 0.4) is 0 Å². The summed E-state index contributed by atoms with van der Waals surface area (Å²) in [4.78, 5) is 61.5. The SMILES string of the molecule is Cc1cc(C(=O)Nc2ccc3c(c2)C=C(S(=O)(=O)O)C(=NNc2ccc(C(=O)Nc4ccc(NN=C5C=CC(=O)C(C(=O)O)=C5)cc4)cc2C)C3=O)ccc1N. The first-order chi connectivity index (χ1) is 26.6. The zero-order valence-corrected chi connectivity index (χ0v) is 30.3. The molecule has 282 valence electrons. The molecule has 56 heavy (non-hydrogen) atoms. The van der Waals surface area contributed by atoms with Gasteiger partial charge in [0.05, 0.1) is 17.1 Å². The summed E-state index contributed by atoms with van der Waals surface area (Å²) in [5.41, 5.74) is 14.6. The lowest BCUT2D eigenvalue weighted by Crippen LogP contribution is -2.27. The summed E-state index contributed by atoms with van der Waals surface area (Å²) < 4.78 is 34.9. The lowest BCUT2D eigenvalue weighted by Gasteiger charge is -2.18. The van der Waals surface area contributed by atoms with Crippen molar-refractivity contribution in [1.82, 2.24) is 0 Å². The molecule has 0 spiro atoms. The Bertz CT molecular complexity index is 2640.